The van der Waals surface area contributed by atoms with E-state index in [0.717, 1.165) is 22.1 Å². The molecule has 2 heterocycles. The fraction of sp³-hybridized carbons (Fsp3) is 0.308. The van der Waals surface area contributed by atoms with Crippen LogP contribution in [0.5, 0.6) is 11.5 Å². The van der Waals surface area contributed by atoms with Crippen molar-refractivity contribution in [1.82, 2.24) is 4.98 Å². The number of aromatic nitrogens is 1. The average Bonchev–Trinajstić information content (AvgIpc) is 3.68. The fourth-order valence-electron chi connectivity index (χ4n) is 4.86. The van der Waals surface area contributed by atoms with E-state index in [0.29, 0.717) is 36.1 Å². The van der Waals surface area contributed by atoms with Gasteiger partial charge < -0.3 is 14.4 Å². The van der Waals surface area contributed by atoms with Crippen molar-refractivity contribution in [1.29, 1.82) is 0 Å². The van der Waals surface area contributed by atoms with Gasteiger partial charge in [0.2, 0.25) is 5.91 Å². The number of methoxy groups -OCH3 is 2. The van der Waals surface area contributed by atoms with Crippen LogP contribution < -0.4 is 14.4 Å². The van der Waals surface area contributed by atoms with Gasteiger partial charge in [-0.3, -0.25) is 19.9 Å². The van der Waals surface area contributed by atoms with Crippen LogP contribution in [0.3, 0.4) is 0 Å². The highest BCUT2D eigenvalue weighted by molar-refractivity contribution is 6.05. The second-order valence-corrected chi connectivity index (χ2v) is 8.96. The Morgan fingerprint density at radius 2 is 1.75 bits per heavy atom. The van der Waals surface area contributed by atoms with E-state index in [2.05, 4.69) is 4.98 Å². The van der Waals surface area contributed by atoms with Gasteiger partial charge >= 0.3 is 0 Å². The molecule has 1 amide bonds. The van der Waals surface area contributed by atoms with Crippen LogP contribution in [0, 0.1) is 21.7 Å². The second kappa shape index (κ2) is 8.54. The summed E-state index contributed by atoms with van der Waals surface area (Å²) in [5, 5.41) is 11.4. The summed E-state index contributed by atoms with van der Waals surface area (Å²) >= 11 is 0. The molecule has 0 N–H and O–H groups in total. The molecule has 1 aliphatic carbocycles. The molecule has 186 valence electrons. The van der Waals surface area contributed by atoms with Crippen LogP contribution in [0.15, 0.2) is 36.5 Å². The van der Waals surface area contributed by atoms with Gasteiger partial charge in [-0.2, -0.15) is 0 Å². The maximum atomic E-state index is 15.2. The maximum Gasteiger partial charge on any atom is 0.270 e. The summed E-state index contributed by atoms with van der Waals surface area (Å²) in [6.07, 6.45) is 3.20. The summed E-state index contributed by atoms with van der Waals surface area (Å²) in [6.45, 7) is 1.81. The normalized spacial score (nSPS) is 15.6. The molecule has 0 unspecified atom stereocenters. The lowest BCUT2D eigenvalue weighted by atomic mass is 9.85. The standard InChI is InChI=1S/C26H23F2N3O5/c1-4-14-7-15(9-17(8-14)31(33)34)19-10-18-16(12-29-19)13-30(25(32)26(18)5-6-26)24-22(27)20(35-2)11-21(36-3)23(24)28/h7-12H,4-6,13H2,1-3H3. The third kappa shape index (κ3) is 3.55. The Hall–Kier alpha value is -4.08. The summed E-state index contributed by atoms with van der Waals surface area (Å²) in [7, 11) is 2.50. The van der Waals surface area contributed by atoms with Crippen LogP contribution in [-0.4, -0.2) is 30.0 Å². The first-order valence-electron chi connectivity index (χ1n) is 11.4. The topological polar surface area (TPSA) is 94.8 Å². The Kier molecular flexibility index (Phi) is 5.61. The lowest BCUT2D eigenvalue weighted by Crippen LogP contribution is -2.45. The molecule has 36 heavy (non-hydrogen) atoms. The number of nitro groups is 1. The number of anilines is 1. The molecule has 1 fully saturated rings. The lowest BCUT2D eigenvalue weighted by Gasteiger charge is -2.35. The molecule has 2 aromatic carbocycles. The average molecular weight is 495 g/mol. The molecule has 1 aromatic heterocycles. The number of ether oxygens (including phenoxy) is 2. The maximum absolute atomic E-state index is 15.2. The van der Waals surface area contributed by atoms with E-state index in [1.54, 1.807) is 12.3 Å². The van der Waals surface area contributed by atoms with Gasteiger partial charge in [0.15, 0.2) is 23.1 Å². The molecule has 5 rings (SSSR count). The number of hydrogen-bond donors (Lipinski definition) is 0. The summed E-state index contributed by atoms with van der Waals surface area (Å²) in [4.78, 5) is 30.2. The predicted molar refractivity (Wildman–Crippen MR) is 127 cm³/mol. The quantitative estimate of drug-likeness (QED) is 0.349. The van der Waals surface area contributed by atoms with Crippen LogP contribution in [0.4, 0.5) is 20.2 Å². The molecule has 1 spiro atoms. The minimum absolute atomic E-state index is 0.0369. The van der Waals surface area contributed by atoms with Crippen molar-refractivity contribution in [3.8, 4) is 22.8 Å². The zero-order valence-corrected chi connectivity index (χ0v) is 19.9. The zero-order valence-electron chi connectivity index (χ0n) is 19.9. The Bertz CT molecular complexity index is 1390. The number of halogens is 2. The van der Waals surface area contributed by atoms with Crippen molar-refractivity contribution in [2.45, 2.75) is 38.1 Å². The minimum atomic E-state index is -0.989. The first-order valence-corrected chi connectivity index (χ1v) is 11.4. The SMILES string of the molecule is CCc1cc(-c2cc3c(cn2)CN(c2c(F)c(OC)cc(OC)c2F)C(=O)C32CC2)cc([N+](=O)[O-])c1. The number of hydrogen-bond acceptors (Lipinski definition) is 6. The second-order valence-electron chi connectivity index (χ2n) is 8.96. The highest BCUT2D eigenvalue weighted by Crippen LogP contribution is 2.55. The van der Waals surface area contributed by atoms with Gasteiger partial charge in [0, 0.05) is 30.0 Å². The van der Waals surface area contributed by atoms with Crippen molar-refractivity contribution in [3.63, 3.8) is 0 Å². The summed E-state index contributed by atoms with van der Waals surface area (Å²) in [6, 6.07) is 7.69. The number of benzene rings is 2. The number of rotatable bonds is 6. The lowest BCUT2D eigenvalue weighted by molar-refractivity contribution is -0.384. The molecule has 0 saturated heterocycles. The smallest absolute Gasteiger partial charge is 0.270 e. The molecule has 8 nitrogen and oxygen atoms in total. The van der Waals surface area contributed by atoms with Gasteiger partial charge in [0.05, 0.1) is 36.8 Å². The Morgan fingerprint density at radius 1 is 1.08 bits per heavy atom. The van der Waals surface area contributed by atoms with Gasteiger partial charge in [-0.15, -0.1) is 0 Å². The Balaban J connectivity index is 1.62. The van der Waals surface area contributed by atoms with E-state index in [1.807, 2.05) is 13.0 Å². The number of carbonyl (C=O) groups is 1. The number of aryl methyl sites for hydroxylation is 1. The largest absolute Gasteiger partial charge is 0.493 e. The van der Waals surface area contributed by atoms with Crippen molar-refractivity contribution in [3.05, 3.63) is 75.0 Å². The number of nitro benzene ring substituents is 1. The number of non-ortho nitro benzene ring substituents is 1. The van der Waals surface area contributed by atoms with Crippen LogP contribution in [0.25, 0.3) is 11.3 Å². The molecule has 1 saturated carbocycles. The molecule has 0 atom stereocenters. The van der Waals surface area contributed by atoms with Gasteiger partial charge in [0.1, 0.15) is 5.69 Å². The highest BCUT2D eigenvalue weighted by Gasteiger charge is 2.57. The molecule has 1 aliphatic heterocycles. The Labute approximate surface area is 205 Å². The van der Waals surface area contributed by atoms with Gasteiger partial charge in [-0.1, -0.05) is 6.92 Å². The van der Waals surface area contributed by atoms with Crippen LogP contribution >= 0.6 is 0 Å². The predicted octanol–water partition coefficient (Wildman–Crippen LogP) is 5.09. The van der Waals surface area contributed by atoms with E-state index in [-0.39, 0.29) is 23.7 Å². The van der Waals surface area contributed by atoms with Gasteiger partial charge in [-0.25, -0.2) is 8.78 Å². The van der Waals surface area contributed by atoms with Crippen molar-refractivity contribution < 1.29 is 28.0 Å². The number of carbonyl (C=O) groups excluding carboxylic acids is 1. The first-order chi connectivity index (χ1) is 17.2. The summed E-state index contributed by atoms with van der Waals surface area (Å²) in [5.74, 6) is -2.88. The molecule has 3 aromatic rings. The molecular weight excluding hydrogens is 472 g/mol. The number of amides is 1. The van der Waals surface area contributed by atoms with Gasteiger partial charge in [0.25, 0.3) is 5.69 Å². The summed E-state index contributed by atoms with van der Waals surface area (Å²) < 4.78 is 40.5. The van der Waals surface area contributed by atoms with Crippen LogP contribution in [-0.2, 0) is 23.2 Å². The van der Waals surface area contributed by atoms with Gasteiger partial charge in [-0.05, 0) is 48.1 Å². The summed E-state index contributed by atoms with van der Waals surface area (Å²) in [5.41, 5.74) is 1.75. The monoisotopic (exact) mass is 495 g/mol. The minimum Gasteiger partial charge on any atom is -0.493 e. The number of fused-ring (bicyclic) bond motifs is 2. The molecular formula is C26H23F2N3O5. The van der Waals surface area contributed by atoms with E-state index in [1.165, 1.54) is 26.4 Å². The molecule has 0 bridgehead atoms. The van der Waals surface area contributed by atoms with E-state index in [9.17, 15) is 14.9 Å². The first kappa shape index (κ1) is 23.7. The third-order valence-corrected chi connectivity index (χ3v) is 6.95. The van der Waals surface area contributed by atoms with Crippen molar-refractivity contribution >= 4 is 17.3 Å². The molecule has 2 aliphatic rings. The van der Waals surface area contributed by atoms with Crippen LogP contribution in [0.1, 0.15) is 36.5 Å². The number of pyridine rings is 1. The van der Waals surface area contributed by atoms with E-state index < -0.39 is 33.6 Å². The fourth-order valence-corrected chi connectivity index (χ4v) is 4.86. The zero-order chi connectivity index (χ0) is 25.8. The highest BCUT2D eigenvalue weighted by atomic mass is 19.1. The van der Waals surface area contributed by atoms with Crippen molar-refractivity contribution in [2.75, 3.05) is 19.1 Å². The van der Waals surface area contributed by atoms with Crippen LogP contribution in [0.2, 0.25) is 0 Å². The van der Waals surface area contributed by atoms with E-state index >= 15 is 8.78 Å². The van der Waals surface area contributed by atoms with E-state index in [4.69, 9.17) is 9.47 Å². The van der Waals surface area contributed by atoms with Crippen molar-refractivity contribution in [2.24, 2.45) is 0 Å². The third-order valence-electron chi connectivity index (χ3n) is 6.95. The Morgan fingerprint density at radius 3 is 2.31 bits per heavy atom. The number of nitrogens with zero attached hydrogens (tertiary/aromatic N) is 3. The molecule has 10 heteroatoms. The molecule has 0 radical (unpaired) electrons.